The maximum atomic E-state index is 12.3. The molecule has 0 saturated carbocycles. The smallest absolute Gasteiger partial charge is 0.269 e. The maximum absolute atomic E-state index is 12.3. The van der Waals surface area contributed by atoms with E-state index in [1.807, 2.05) is 55.5 Å². The van der Waals surface area contributed by atoms with Crippen molar-refractivity contribution in [3.63, 3.8) is 0 Å². The zero-order chi connectivity index (χ0) is 21.1. The Labute approximate surface area is 176 Å². The molecule has 3 aromatic rings. The summed E-state index contributed by atoms with van der Waals surface area (Å²) in [6, 6.07) is 15.9. The van der Waals surface area contributed by atoms with E-state index in [4.69, 9.17) is 14.6 Å². The van der Waals surface area contributed by atoms with Crippen LogP contribution in [0.25, 0.3) is 11.3 Å². The predicted molar refractivity (Wildman–Crippen MR) is 115 cm³/mol. The molecule has 0 bridgehead atoms. The van der Waals surface area contributed by atoms with Gasteiger partial charge >= 0.3 is 0 Å². The summed E-state index contributed by atoms with van der Waals surface area (Å²) in [6.45, 7) is 3.27. The van der Waals surface area contributed by atoms with Gasteiger partial charge in [0, 0.05) is 12.1 Å². The lowest BCUT2D eigenvalue weighted by molar-refractivity contribution is 0.0901. The summed E-state index contributed by atoms with van der Waals surface area (Å²) in [5.41, 5.74) is 4.70. The number of ether oxygens (including phenoxy) is 2. The van der Waals surface area contributed by atoms with E-state index in [-0.39, 0.29) is 12.1 Å². The number of nitrogens with one attached hydrogen (secondary N) is 2. The number of aryl methyl sites for hydroxylation is 1. The molecule has 1 unspecified atom stereocenters. The van der Waals surface area contributed by atoms with Crippen molar-refractivity contribution in [2.24, 2.45) is 0 Å². The predicted octanol–water partition coefficient (Wildman–Crippen LogP) is 2.95. The molecule has 1 atom stereocenters. The Morgan fingerprint density at radius 2 is 1.87 bits per heavy atom. The molecule has 1 aliphatic rings. The normalized spacial score (nSPS) is 15.4. The van der Waals surface area contributed by atoms with Crippen LogP contribution in [0.1, 0.15) is 27.8 Å². The van der Waals surface area contributed by atoms with E-state index >= 15 is 0 Å². The minimum absolute atomic E-state index is 0.0983. The standard InChI is InChI=1S/C23H26N4O3/c1-15-4-7-17(8-5-15)18-13-19-23(28)25-14-22(27(19)26-18)24-11-10-16-6-9-20(29-2)21(12-16)30-3/h4-9,12-13,22,24H,10-11,14H2,1-3H3,(H,25,28). The minimum atomic E-state index is -0.1000. The molecule has 1 amide bonds. The first kappa shape index (κ1) is 20.0. The molecule has 2 N–H and O–H groups in total. The van der Waals surface area contributed by atoms with Gasteiger partial charge in [0.15, 0.2) is 11.5 Å². The van der Waals surface area contributed by atoms with E-state index in [0.717, 1.165) is 35.5 Å². The number of methoxy groups -OCH3 is 2. The van der Waals surface area contributed by atoms with E-state index in [1.165, 1.54) is 5.56 Å². The zero-order valence-electron chi connectivity index (χ0n) is 17.4. The second kappa shape index (κ2) is 8.59. The van der Waals surface area contributed by atoms with E-state index < -0.39 is 0 Å². The van der Waals surface area contributed by atoms with Crippen LogP contribution in [-0.4, -0.2) is 43.0 Å². The van der Waals surface area contributed by atoms with Gasteiger partial charge in [0.2, 0.25) is 0 Å². The van der Waals surface area contributed by atoms with Gasteiger partial charge in [-0.3, -0.25) is 10.1 Å². The second-order valence-corrected chi connectivity index (χ2v) is 7.34. The zero-order valence-corrected chi connectivity index (χ0v) is 17.4. The molecule has 0 fully saturated rings. The molecule has 156 valence electrons. The monoisotopic (exact) mass is 406 g/mol. The van der Waals surface area contributed by atoms with Crippen LogP contribution in [0, 0.1) is 6.92 Å². The van der Waals surface area contributed by atoms with Crippen molar-refractivity contribution < 1.29 is 14.3 Å². The third-order valence-corrected chi connectivity index (χ3v) is 5.31. The molecule has 4 rings (SSSR count). The number of fused-ring (bicyclic) bond motifs is 1. The molecule has 0 aliphatic carbocycles. The molecule has 1 aromatic heterocycles. The topological polar surface area (TPSA) is 77.4 Å². The fraction of sp³-hybridized carbons (Fsp3) is 0.304. The van der Waals surface area contributed by atoms with Gasteiger partial charge in [0.05, 0.1) is 26.5 Å². The quantitative estimate of drug-likeness (QED) is 0.631. The molecule has 2 heterocycles. The van der Waals surface area contributed by atoms with Crippen molar-refractivity contribution in [2.45, 2.75) is 19.5 Å². The molecule has 7 nitrogen and oxygen atoms in total. The molecule has 1 aliphatic heterocycles. The molecular weight excluding hydrogens is 380 g/mol. The van der Waals surface area contributed by atoms with Crippen LogP contribution in [0.3, 0.4) is 0 Å². The highest BCUT2D eigenvalue weighted by molar-refractivity contribution is 5.94. The van der Waals surface area contributed by atoms with Crippen LogP contribution in [0.4, 0.5) is 0 Å². The number of aromatic nitrogens is 2. The van der Waals surface area contributed by atoms with Gasteiger partial charge in [-0.05, 0) is 37.1 Å². The Morgan fingerprint density at radius 3 is 2.60 bits per heavy atom. The highest BCUT2D eigenvalue weighted by Crippen LogP contribution is 2.28. The van der Waals surface area contributed by atoms with Crippen LogP contribution in [-0.2, 0) is 6.42 Å². The third kappa shape index (κ3) is 4.02. The van der Waals surface area contributed by atoms with Crippen LogP contribution in [0.2, 0.25) is 0 Å². The van der Waals surface area contributed by atoms with Gasteiger partial charge in [-0.1, -0.05) is 35.9 Å². The third-order valence-electron chi connectivity index (χ3n) is 5.31. The largest absolute Gasteiger partial charge is 0.493 e. The van der Waals surface area contributed by atoms with E-state index in [0.29, 0.717) is 18.0 Å². The van der Waals surface area contributed by atoms with Gasteiger partial charge in [-0.25, -0.2) is 4.68 Å². The number of amides is 1. The lowest BCUT2D eigenvalue weighted by Crippen LogP contribution is -2.45. The van der Waals surface area contributed by atoms with Crippen LogP contribution in [0.15, 0.2) is 48.5 Å². The van der Waals surface area contributed by atoms with Gasteiger partial charge in [0.1, 0.15) is 11.9 Å². The van der Waals surface area contributed by atoms with Gasteiger partial charge in [-0.15, -0.1) is 0 Å². The second-order valence-electron chi connectivity index (χ2n) is 7.34. The van der Waals surface area contributed by atoms with Gasteiger partial charge < -0.3 is 14.8 Å². The Bertz CT molecular complexity index is 1040. The minimum Gasteiger partial charge on any atom is -0.493 e. The highest BCUT2D eigenvalue weighted by atomic mass is 16.5. The van der Waals surface area contributed by atoms with Crippen LogP contribution in [0.5, 0.6) is 11.5 Å². The number of nitrogens with zero attached hydrogens (tertiary/aromatic N) is 2. The average Bonchev–Trinajstić information content (AvgIpc) is 3.22. The summed E-state index contributed by atoms with van der Waals surface area (Å²) in [5.74, 6) is 1.34. The number of carbonyl (C=O) groups excluding carboxylic acids is 1. The lowest BCUT2D eigenvalue weighted by Gasteiger charge is -2.25. The Balaban J connectivity index is 1.47. The number of benzene rings is 2. The van der Waals surface area contributed by atoms with Crippen molar-refractivity contribution in [1.82, 2.24) is 20.4 Å². The van der Waals surface area contributed by atoms with Crippen molar-refractivity contribution in [3.05, 3.63) is 65.4 Å². The molecule has 7 heteroatoms. The molecule has 0 radical (unpaired) electrons. The number of carbonyl (C=O) groups is 1. The van der Waals surface area contributed by atoms with Crippen molar-refractivity contribution in [3.8, 4) is 22.8 Å². The van der Waals surface area contributed by atoms with Crippen molar-refractivity contribution in [1.29, 1.82) is 0 Å². The first-order valence-corrected chi connectivity index (χ1v) is 9.98. The molecule has 2 aromatic carbocycles. The molecule has 0 spiro atoms. The summed E-state index contributed by atoms with van der Waals surface area (Å²) in [6.07, 6.45) is 0.712. The summed E-state index contributed by atoms with van der Waals surface area (Å²) < 4.78 is 12.5. The van der Waals surface area contributed by atoms with E-state index in [9.17, 15) is 4.79 Å². The summed E-state index contributed by atoms with van der Waals surface area (Å²) >= 11 is 0. The van der Waals surface area contributed by atoms with E-state index in [2.05, 4.69) is 10.6 Å². The van der Waals surface area contributed by atoms with Crippen LogP contribution < -0.4 is 20.1 Å². The van der Waals surface area contributed by atoms with Gasteiger partial charge in [0.25, 0.3) is 5.91 Å². The van der Waals surface area contributed by atoms with Crippen molar-refractivity contribution in [2.75, 3.05) is 27.3 Å². The fourth-order valence-electron chi connectivity index (χ4n) is 3.61. The van der Waals surface area contributed by atoms with Crippen LogP contribution >= 0.6 is 0 Å². The van der Waals surface area contributed by atoms with Gasteiger partial charge in [-0.2, -0.15) is 5.10 Å². The van der Waals surface area contributed by atoms with Crippen molar-refractivity contribution >= 4 is 5.91 Å². The number of hydrogen-bond donors (Lipinski definition) is 2. The SMILES string of the molecule is COc1ccc(CCNC2CNC(=O)c3cc(-c4ccc(C)cc4)nn32)cc1OC. The Kier molecular flexibility index (Phi) is 5.72. The summed E-state index contributed by atoms with van der Waals surface area (Å²) in [5, 5.41) is 11.2. The highest BCUT2D eigenvalue weighted by Gasteiger charge is 2.27. The summed E-state index contributed by atoms with van der Waals surface area (Å²) in [4.78, 5) is 12.3. The summed E-state index contributed by atoms with van der Waals surface area (Å²) in [7, 11) is 3.26. The molecular formula is C23H26N4O3. The fourth-order valence-corrected chi connectivity index (χ4v) is 3.61. The Morgan fingerprint density at radius 1 is 1.10 bits per heavy atom. The average molecular weight is 406 g/mol. The molecule has 30 heavy (non-hydrogen) atoms. The number of rotatable bonds is 7. The first-order valence-electron chi connectivity index (χ1n) is 9.98. The maximum Gasteiger partial charge on any atom is 0.269 e. The van der Waals surface area contributed by atoms with E-state index in [1.54, 1.807) is 18.9 Å². The Hall–Kier alpha value is -3.32. The lowest BCUT2D eigenvalue weighted by atomic mass is 10.1. The first-order chi connectivity index (χ1) is 14.6. The number of hydrogen-bond acceptors (Lipinski definition) is 5. The molecule has 0 saturated heterocycles.